The van der Waals surface area contributed by atoms with E-state index in [4.69, 9.17) is 14.2 Å². The Labute approximate surface area is 186 Å². The summed E-state index contributed by atoms with van der Waals surface area (Å²) in [5.74, 6) is 0. The predicted molar refractivity (Wildman–Crippen MR) is 123 cm³/mol. The van der Waals surface area contributed by atoms with E-state index in [-0.39, 0.29) is 31.5 Å². The molecule has 1 aliphatic rings. The van der Waals surface area contributed by atoms with Crippen molar-refractivity contribution in [3.8, 4) is 0 Å². The molecule has 3 rings (SSSR count). The molecular formula is C26H38O5. The second-order valence-corrected chi connectivity index (χ2v) is 8.46. The van der Waals surface area contributed by atoms with Gasteiger partial charge in [0.15, 0.2) is 0 Å². The van der Waals surface area contributed by atoms with Crippen LogP contribution in [0.5, 0.6) is 0 Å². The minimum Gasteiger partial charge on any atom is -0.392 e. The highest BCUT2D eigenvalue weighted by atomic mass is 16.5. The Kier molecular flexibility index (Phi) is 9.75. The minimum atomic E-state index is -0.197. The lowest BCUT2D eigenvalue weighted by molar-refractivity contribution is -0.138. The molecule has 0 aliphatic carbocycles. The molecule has 2 aromatic carbocycles. The van der Waals surface area contributed by atoms with Gasteiger partial charge in [-0.05, 0) is 46.4 Å². The number of unbranched alkanes of at least 4 members (excludes halogenated alkanes) is 2. The lowest BCUT2D eigenvalue weighted by atomic mass is 9.88. The summed E-state index contributed by atoms with van der Waals surface area (Å²) in [7, 11) is 0. The van der Waals surface area contributed by atoms with E-state index in [0.29, 0.717) is 6.61 Å². The Morgan fingerprint density at radius 2 is 1.71 bits per heavy atom. The van der Waals surface area contributed by atoms with Crippen LogP contribution in [0.3, 0.4) is 0 Å². The van der Waals surface area contributed by atoms with Crippen LogP contribution in [0.25, 0.3) is 10.8 Å². The van der Waals surface area contributed by atoms with Gasteiger partial charge in [-0.25, -0.2) is 0 Å². The van der Waals surface area contributed by atoms with E-state index in [0.717, 1.165) is 79.2 Å². The Hall–Kier alpha value is -1.50. The first-order valence-electron chi connectivity index (χ1n) is 11.8. The highest BCUT2D eigenvalue weighted by molar-refractivity contribution is 5.89. The van der Waals surface area contributed by atoms with E-state index < -0.39 is 0 Å². The van der Waals surface area contributed by atoms with Crippen molar-refractivity contribution in [1.29, 1.82) is 0 Å². The van der Waals surface area contributed by atoms with Gasteiger partial charge in [-0.1, -0.05) is 51.0 Å². The van der Waals surface area contributed by atoms with Crippen LogP contribution in [0.4, 0.5) is 0 Å². The molecule has 172 valence electrons. The van der Waals surface area contributed by atoms with Gasteiger partial charge in [-0.15, -0.1) is 0 Å². The summed E-state index contributed by atoms with van der Waals surface area (Å²) in [4.78, 5) is 0. The topological polar surface area (TPSA) is 68.2 Å². The molecule has 0 radical (unpaired) electrons. The smallest absolute Gasteiger partial charge is 0.0858 e. The Morgan fingerprint density at radius 1 is 0.968 bits per heavy atom. The monoisotopic (exact) mass is 430 g/mol. The number of hydrogen-bond donors (Lipinski definition) is 2. The van der Waals surface area contributed by atoms with Gasteiger partial charge in [-0.2, -0.15) is 0 Å². The quantitative estimate of drug-likeness (QED) is 0.462. The fourth-order valence-electron chi connectivity index (χ4n) is 4.40. The number of hydrogen-bond acceptors (Lipinski definition) is 5. The van der Waals surface area contributed by atoms with Crippen molar-refractivity contribution in [2.45, 2.75) is 83.9 Å². The molecule has 2 N–H and O–H groups in total. The molecule has 1 saturated heterocycles. The van der Waals surface area contributed by atoms with Gasteiger partial charge >= 0.3 is 0 Å². The van der Waals surface area contributed by atoms with Gasteiger partial charge in [-0.3, -0.25) is 0 Å². The molecule has 5 nitrogen and oxygen atoms in total. The third-order valence-electron chi connectivity index (χ3n) is 6.11. The van der Waals surface area contributed by atoms with Crippen LogP contribution in [0.1, 0.15) is 75.2 Å². The first-order valence-corrected chi connectivity index (χ1v) is 11.8. The Bertz CT molecular complexity index is 806. The van der Waals surface area contributed by atoms with Crippen LogP contribution in [0.2, 0.25) is 0 Å². The van der Waals surface area contributed by atoms with Crippen molar-refractivity contribution >= 4 is 10.8 Å². The first kappa shape index (κ1) is 24.1. The fraction of sp³-hybridized carbons (Fsp3) is 0.615. The predicted octanol–water partition coefficient (Wildman–Crippen LogP) is 5.05. The van der Waals surface area contributed by atoms with Crippen LogP contribution in [0.15, 0.2) is 30.3 Å². The summed E-state index contributed by atoms with van der Waals surface area (Å²) < 4.78 is 18.6. The summed E-state index contributed by atoms with van der Waals surface area (Å²) in [6.45, 7) is 6.26. The van der Waals surface area contributed by atoms with Crippen molar-refractivity contribution in [2.24, 2.45) is 0 Å². The van der Waals surface area contributed by atoms with Gasteiger partial charge in [0.2, 0.25) is 0 Å². The molecule has 0 saturated carbocycles. The highest BCUT2D eigenvalue weighted by Gasteiger charge is 2.33. The van der Waals surface area contributed by atoms with E-state index in [1.54, 1.807) is 0 Å². The third kappa shape index (κ3) is 6.27. The summed E-state index contributed by atoms with van der Waals surface area (Å²) in [5.41, 5.74) is 2.68. The SMILES string of the molecule is CCCCOC[C@@H]1C[C@H](OCCCC)CC(c2cc(CO)c3ccccc3c2CO)O1. The lowest BCUT2D eigenvalue weighted by Crippen LogP contribution is -2.36. The molecule has 1 unspecified atom stereocenters. The standard InChI is InChI=1S/C26H38O5/c1-3-5-11-29-18-21-14-20(30-12-6-4-2)15-26(31-21)24-13-19(16-27)22-9-7-8-10-23(22)25(24)17-28/h7-10,13,20-21,26-28H,3-6,11-12,14-18H2,1-2H3/t20-,21-,26?/m0/s1. The molecule has 0 amide bonds. The maximum atomic E-state index is 10.2. The second kappa shape index (κ2) is 12.5. The molecule has 5 heteroatoms. The van der Waals surface area contributed by atoms with Crippen LogP contribution in [-0.4, -0.2) is 42.2 Å². The zero-order valence-electron chi connectivity index (χ0n) is 19.0. The van der Waals surface area contributed by atoms with E-state index >= 15 is 0 Å². The normalized spacial score (nSPS) is 21.6. The summed E-state index contributed by atoms with van der Waals surface area (Å²) in [6.07, 6.45) is 5.73. The molecule has 0 spiro atoms. The maximum Gasteiger partial charge on any atom is 0.0858 e. The van der Waals surface area contributed by atoms with Crippen molar-refractivity contribution in [1.82, 2.24) is 0 Å². The van der Waals surface area contributed by atoms with Gasteiger partial charge in [0, 0.05) is 26.1 Å². The summed E-state index contributed by atoms with van der Waals surface area (Å²) in [5, 5.41) is 22.2. The number of benzene rings is 2. The molecule has 3 atom stereocenters. The van der Waals surface area contributed by atoms with Gasteiger partial charge in [0.1, 0.15) is 0 Å². The van der Waals surface area contributed by atoms with E-state index in [1.165, 1.54) is 0 Å². The number of fused-ring (bicyclic) bond motifs is 1. The summed E-state index contributed by atoms with van der Waals surface area (Å²) >= 11 is 0. The minimum absolute atomic E-state index is 0.0437. The molecule has 31 heavy (non-hydrogen) atoms. The average Bonchev–Trinajstić information content (AvgIpc) is 2.81. The molecular weight excluding hydrogens is 392 g/mol. The zero-order valence-corrected chi connectivity index (χ0v) is 19.0. The average molecular weight is 431 g/mol. The first-order chi connectivity index (χ1) is 15.2. The van der Waals surface area contributed by atoms with E-state index in [2.05, 4.69) is 13.8 Å². The zero-order chi connectivity index (χ0) is 22.1. The molecule has 1 heterocycles. The second-order valence-electron chi connectivity index (χ2n) is 8.46. The Balaban J connectivity index is 1.87. The lowest BCUT2D eigenvalue weighted by Gasteiger charge is -2.36. The number of aliphatic hydroxyl groups excluding tert-OH is 2. The maximum absolute atomic E-state index is 10.2. The van der Waals surface area contributed by atoms with Gasteiger partial charge in [0.05, 0.1) is 38.1 Å². The molecule has 0 aromatic heterocycles. The van der Waals surface area contributed by atoms with E-state index in [1.807, 2.05) is 30.3 Å². The number of rotatable bonds is 12. The third-order valence-corrected chi connectivity index (χ3v) is 6.11. The summed E-state index contributed by atoms with van der Waals surface area (Å²) in [6, 6.07) is 9.93. The van der Waals surface area contributed by atoms with Crippen molar-refractivity contribution < 1.29 is 24.4 Å². The van der Waals surface area contributed by atoms with Gasteiger partial charge < -0.3 is 24.4 Å². The largest absolute Gasteiger partial charge is 0.392 e. The van der Waals surface area contributed by atoms with Crippen LogP contribution >= 0.6 is 0 Å². The van der Waals surface area contributed by atoms with Gasteiger partial charge in [0.25, 0.3) is 0 Å². The Morgan fingerprint density at radius 3 is 2.42 bits per heavy atom. The highest BCUT2D eigenvalue weighted by Crippen LogP contribution is 2.38. The molecule has 1 fully saturated rings. The fourth-order valence-corrected chi connectivity index (χ4v) is 4.40. The molecule has 0 bridgehead atoms. The van der Waals surface area contributed by atoms with Crippen LogP contribution in [0, 0.1) is 0 Å². The van der Waals surface area contributed by atoms with Crippen LogP contribution in [-0.2, 0) is 27.4 Å². The van der Waals surface area contributed by atoms with Crippen molar-refractivity contribution in [3.05, 3.63) is 47.0 Å². The number of ether oxygens (including phenoxy) is 3. The molecule has 1 aliphatic heterocycles. The van der Waals surface area contributed by atoms with E-state index in [9.17, 15) is 10.2 Å². The van der Waals surface area contributed by atoms with Crippen LogP contribution < -0.4 is 0 Å². The molecule has 2 aromatic rings. The van der Waals surface area contributed by atoms with Crippen molar-refractivity contribution in [2.75, 3.05) is 19.8 Å². The van der Waals surface area contributed by atoms with Crippen molar-refractivity contribution in [3.63, 3.8) is 0 Å². The number of aliphatic hydroxyl groups is 2.